The maximum absolute atomic E-state index is 13.3. The quantitative estimate of drug-likeness (QED) is 0.289. The highest BCUT2D eigenvalue weighted by atomic mass is 35.5. The van der Waals surface area contributed by atoms with Crippen molar-refractivity contribution in [2.45, 2.75) is 24.4 Å². The lowest BCUT2D eigenvalue weighted by Gasteiger charge is -2.12. The molecule has 3 aromatic carbocycles. The molecule has 8 heteroatoms. The molecule has 0 amide bonds. The van der Waals surface area contributed by atoms with Crippen molar-refractivity contribution in [1.29, 1.82) is 0 Å². The average molecular weight is 481 g/mol. The molecule has 0 aliphatic rings. The van der Waals surface area contributed by atoms with Gasteiger partial charge in [-0.1, -0.05) is 83.0 Å². The van der Waals surface area contributed by atoms with Crippen molar-refractivity contribution in [2.75, 3.05) is 0 Å². The standard InChI is InChI=1S/C24H18Cl2N4OS/c1-15-6-8-16(9-7-15)13-29-22(31)19-4-2-3-5-21(19)30-23(29)27-28-24(30)32-14-17-10-11-18(25)12-20(17)26/h2-12H,13-14H2,1H3. The lowest BCUT2D eigenvalue weighted by atomic mass is 10.1. The van der Waals surface area contributed by atoms with Gasteiger partial charge in [0.05, 0.1) is 17.4 Å². The molecule has 0 aliphatic heterocycles. The van der Waals surface area contributed by atoms with Gasteiger partial charge in [0.2, 0.25) is 5.78 Å². The van der Waals surface area contributed by atoms with Crippen LogP contribution >= 0.6 is 35.0 Å². The first-order chi connectivity index (χ1) is 15.5. The zero-order valence-electron chi connectivity index (χ0n) is 17.1. The van der Waals surface area contributed by atoms with Gasteiger partial charge in [-0.15, -0.1) is 10.2 Å². The van der Waals surface area contributed by atoms with Crippen LogP contribution in [0.5, 0.6) is 0 Å². The third-order valence-electron chi connectivity index (χ3n) is 5.31. The highest BCUT2D eigenvalue weighted by Crippen LogP contribution is 2.29. The summed E-state index contributed by atoms with van der Waals surface area (Å²) in [6, 6.07) is 21.1. The molecule has 5 aromatic rings. The molecule has 0 unspecified atom stereocenters. The number of hydrogen-bond acceptors (Lipinski definition) is 4. The van der Waals surface area contributed by atoms with Gasteiger partial charge in [0.15, 0.2) is 5.16 Å². The molecule has 2 heterocycles. The van der Waals surface area contributed by atoms with E-state index in [1.807, 2.05) is 72.0 Å². The second-order valence-electron chi connectivity index (χ2n) is 7.54. The molecule has 160 valence electrons. The molecule has 2 aromatic heterocycles. The molecular formula is C24H18Cl2N4OS. The normalized spacial score (nSPS) is 11.5. The maximum Gasteiger partial charge on any atom is 0.263 e. The van der Waals surface area contributed by atoms with Crippen molar-refractivity contribution < 1.29 is 0 Å². The van der Waals surface area contributed by atoms with Crippen LogP contribution in [0.2, 0.25) is 10.0 Å². The Morgan fingerprint density at radius 3 is 2.53 bits per heavy atom. The lowest BCUT2D eigenvalue weighted by molar-refractivity contribution is 0.763. The van der Waals surface area contributed by atoms with E-state index in [0.717, 1.165) is 16.6 Å². The summed E-state index contributed by atoms with van der Waals surface area (Å²) in [5.41, 5.74) is 3.85. The first kappa shape index (κ1) is 21.1. The maximum atomic E-state index is 13.3. The summed E-state index contributed by atoms with van der Waals surface area (Å²) in [6.07, 6.45) is 0. The van der Waals surface area contributed by atoms with Gasteiger partial charge >= 0.3 is 0 Å². The summed E-state index contributed by atoms with van der Waals surface area (Å²) in [5, 5.41) is 11.3. The molecule has 0 fully saturated rings. The molecule has 0 N–H and O–H groups in total. The van der Waals surface area contributed by atoms with E-state index in [9.17, 15) is 4.79 Å². The number of rotatable bonds is 5. The molecule has 32 heavy (non-hydrogen) atoms. The van der Waals surface area contributed by atoms with Crippen LogP contribution < -0.4 is 5.56 Å². The van der Waals surface area contributed by atoms with Crippen molar-refractivity contribution in [3.05, 3.63) is 104 Å². The van der Waals surface area contributed by atoms with Crippen LogP contribution in [0.25, 0.3) is 16.7 Å². The lowest BCUT2D eigenvalue weighted by Crippen LogP contribution is -2.24. The molecule has 0 bridgehead atoms. The molecule has 0 saturated carbocycles. The van der Waals surface area contributed by atoms with E-state index in [2.05, 4.69) is 10.2 Å². The van der Waals surface area contributed by atoms with Crippen molar-refractivity contribution in [1.82, 2.24) is 19.2 Å². The zero-order chi connectivity index (χ0) is 22.2. The highest BCUT2D eigenvalue weighted by Gasteiger charge is 2.17. The predicted octanol–water partition coefficient (Wildman–Crippen LogP) is 6.00. The summed E-state index contributed by atoms with van der Waals surface area (Å²) >= 11 is 13.9. The fourth-order valence-corrected chi connectivity index (χ4v) is 5.13. The molecule has 0 saturated heterocycles. The summed E-state index contributed by atoms with van der Waals surface area (Å²) < 4.78 is 3.62. The molecule has 5 nitrogen and oxygen atoms in total. The Morgan fingerprint density at radius 1 is 0.969 bits per heavy atom. The topological polar surface area (TPSA) is 52.2 Å². The van der Waals surface area contributed by atoms with E-state index in [1.165, 1.54) is 17.3 Å². The minimum absolute atomic E-state index is 0.0848. The smallest absolute Gasteiger partial charge is 0.263 e. The zero-order valence-corrected chi connectivity index (χ0v) is 19.5. The van der Waals surface area contributed by atoms with Crippen LogP contribution in [0.1, 0.15) is 16.7 Å². The van der Waals surface area contributed by atoms with Crippen LogP contribution in [0.4, 0.5) is 0 Å². The number of hydrogen-bond donors (Lipinski definition) is 0. The Balaban J connectivity index is 1.62. The highest BCUT2D eigenvalue weighted by molar-refractivity contribution is 7.98. The van der Waals surface area contributed by atoms with Crippen LogP contribution in [0.3, 0.4) is 0 Å². The van der Waals surface area contributed by atoms with Gasteiger partial charge in [-0.25, -0.2) is 0 Å². The summed E-state index contributed by atoms with van der Waals surface area (Å²) in [5.74, 6) is 1.11. The minimum Gasteiger partial charge on any atom is -0.272 e. The van der Waals surface area contributed by atoms with Gasteiger partial charge in [0.25, 0.3) is 5.56 Å². The van der Waals surface area contributed by atoms with Gasteiger partial charge in [-0.05, 0) is 42.3 Å². The Labute approximate surface area is 198 Å². The number of halogens is 2. The third kappa shape index (κ3) is 3.90. The summed E-state index contributed by atoms with van der Waals surface area (Å²) in [4.78, 5) is 13.3. The van der Waals surface area contributed by atoms with Crippen molar-refractivity contribution >= 4 is 51.6 Å². The Kier molecular flexibility index (Phi) is 5.67. The number of nitrogens with zero attached hydrogens (tertiary/aromatic N) is 4. The van der Waals surface area contributed by atoms with E-state index in [1.54, 1.807) is 10.6 Å². The first-order valence-electron chi connectivity index (χ1n) is 10.0. The number of thioether (sulfide) groups is 1. The fraction of sp³-hybridized carbons (Fsp3) is 0.125. The van der Waals surface area contributed by atoms with Crippen LogP contribution in [0, 0.1) is 6.92 Å². The van der Waals surface area contributed by atoms with E-state index in [0.29, 0.717) is 38.7 Å². The van der Waals surface area contributed by atoms with Gasteiger partial charge in [0.1, 0.15) is 0 Å². The molecular weight excluding hydrogens is 463 g/mol. The minimum atomic E-state index is -0.0848. The van der Waals surface area contributed by atoms with Crippen LogP contribution in [-0.2, 0) is 12.3 Å². The van der Waals surface area contributed by atoms with Gasteiger partial charge in [-0.3, -0.25) is 13.8 Å². The van der Waals surface area contributed by atoms with E-state index < -0.39 is 0 Å². The number of fused-ring (bicyclic) bond motifs is 3. The number of benzene rings is 3. The van der Waals surface area contributed by atoms with Crippen LogP contribution in [0.15, 0.2) is 76.7 Å². The largest absolute Gasteiger partial charge is 0.272 e. The second kappa shape index (κ2) is 8.62. The first-order valence-corrected chi connectivity index (χ1v) is 11.7. The average Bonchev–Trinajstić information content (AvgIpc) is 3.21. The Bertz CT molecular complexity index is 1510. The predicted molar refractivity (Wildman–Crippen MR) is 131 cm³/mol. The van der Waals surface area contributed by atoms with Gasteiger partial charge in [-0.2, -0.15) is 0 Å². The number of aromatic nitrogens is 4. The molecule has 0 atom stereocenters. The third-order valence-corrected chi connectivity index (χ3v) is 6.88. The fourth-order valence-electron chi connectivity index (χ4n) is 3.63. The molecule has 0 spiro atoms. The second-order valence-corrected chi connectivity index (χ2v) is 9.32. The SMILES string of the molecule is Cc1ccc(Cn2c(=O)c3ccccc3n3c(SCc4ccc(Cl)cc4Cl)nnc23)cc1. The van der Waals surface area contributed by atoms with Gasteiger partial charge in [0, 0.05) is 15.8 Å². The monoisotopic (exact) mass is 480 g/mol. The van der Waals surface area contributed by atoms with Crippen molar-refractivity contribution in [3.63, 3.8) is 0 Å². The summed E-state index contributed by atoms with van der Waals surface area (Å²) in [6.45, 7) is 2.46. The molecule has 0 aliphatic carbocycles. The Morgan fingerprint density at radius 2 is 1.75 bits per heavy atom. The molecule has 5 rings (SSSR count). The van der Waals surface area contributed by atoms with E-state index in [4.69, 9.17) is 23.2 Å². The van der Waals surface area contributed by atoms with E-state index >= 15 is 0 Å². The van der Waals surface area contributed by atoms with Crippen molar-refractivity contribution in [3.8, 4) is 0 Å². The van der Waals surface area contributed by atoms with E-state index in [-0.39, 0.29) is 5.56 Å². The van der Waals surface area contributed by atoms with Gasteiger partial charge < -0.3 is 0 Å². The van der Waals surface area contributed by atoms with Crippen molar-refractivity contribution in [2.24, 2.45) is 0 Å². The molecule has 0 radical (unpaired) electrons. The Hall–Kier alpha value is -2.80. The summed E-state index contributed by atoms with van der Waals surface area (Å²) in [7, 11) is 0. The number of aryl methyl sites for hydroxylation is 1. The number of para-hydroxylation sites is 1. The van der Waals surface area contributed by atoms with Crippen LogP contribution in [-0.4, -0.2) is 19.2 Å².